The molecule has 0 aromatic heterocycles. The molecule has 0 radical (unpaired) electrons. The van der Waals surface area contributed by atoms with Crippen molar-refractivity contribution in [2.24, 2.45) is 11.7 Å². The molecule has 2 aliphatic rings. The molecule has 2 heterocycles. The number of nitrogens with two attached hydrogens (primary N) is 2. The van der Waals surface area contributed by atoms with Crippen LogP contribution < -0.4 is 11.7 Å². The number of piperazine rings is 1. The largest absolute Gasteiger partial charge is 0.457 e. The Morgan fingerprint density at radius 2 is 1.89 bits per heavy atom. The summed E-state index contributed by atoms with van der Waals surface area (Å²) in [6.07, 6.45) is 8.25. The number of carbonyl (C=O) groups excluding carboxylic acids is 2. The second kappa shape index (κ2) is 14.5. The summed E-state index contributed by atoms with van der Waals surface area (Å²) < 4.78 is 5.13. The monoisotopic (exact) mass is 498 g/mol. The van der Waals surface area contributed by atoms with E-state index in [4.69, 9.17) is 16.4 Å². The molecule has 4 N–H and O–H groups in total. The number of ether oxygens (including phenoxy) is 1. The number of hydrogen-bond donors (Lipinski definition) is 2. The molecule has 1 amide bonds. The van der Waals surface area contributed by atoms with Crippen LogP contribution >= 0.6 is 0 Å². The molecule has 1 fully saturated rings. The zero-order valence-electron chi connectivity index (χ0n) is 22.2. The van der Waals surface area contributed by atoms with Gasteiger partial charge in [0.05, 0.1) is 18.7 Å². The van der Waals surface area contributed by atoms with E-state index in [1.165, 1.54) is 15.6 Å². The van der Waals surface area contributed by atoms with Gasteiger partial charge in [0.2, 0.25) is 5.91 Å². The van der Waals surface area contributed by atoms with Crippen LogP contribution in [0.5, 0.6) is 0 Å². The van der Waals surface area contributed by atoms with E-state index in [0.29, 0.717) is 38.3 Å². The second-order valence-electron chi connectivity index (χ2n) is 8.86. The number of aryl methyl sites for hydroxylation is 1. The van der Waals surface area contributed by atoms with Crippen molar-refractivity contribution in [2.45, 2.75) is 40.2 Å². The Bertz CT molecular complexity index is 965. The molecule has 9 nitrogen and oxygen atoms in total. The highest BCUT2D eigenvalue weighted by molar-refractivity contribution is 5.93. The highest BCUT2D eigenvalue weighted by Gasteiger charge is 2.24. The standard InChI is InChI=1S/C25H36N6O3.C2H6/c1-4-20(6-5-8-31(27)18-28(3)26)15-24(32)30-12-10-29(11-13-30)9-7-21-16-22-17-34-25(33)23(22)14-19(21)2;1-2/h4-6,8,14,16H,1,7,9-13,15,17-18,26-27H2,2-3H3;1-2H3/b8-5+,20-6+;. The van der Waals surface area contributed by atoms with E-state index in [9.17, 15) is 9.59 Å². The summed E-state index contributed by atoms with van der Waals surface area (Å²) in [6, 6.07) is 4.04. The minimum Gasteiger partial charge on any atom is -0.457 e. The van der Waals surface area contributed by atoms with Gasteiger partial charge in [-0.3, -0.25) is 15.5 Å². The zero-order valence-corrected chi connectivity index (χ0v) is 22.2. The molecule has 36 heavy (non-hydrogen) atoms. The maximum Gasteiger partial charge on any atom is 0.338 e. The molecule has 0 spiro atoms. The van der Waals surface area contributed by atoms with Crippen molar-refractivity contribution in [2.75, 3.05) is 46.4 Å². The normalized spacial score (nSPS) is 16.0. The predicted octanol–water partition coefficient (Wildman–Crippen LogP) is 2.33. The van der Waals surface area contributed by atoms with Crippen molar-refractivity contribution < 1.29 is 14.3 Å². The fourth-order valence-electron chi connectivity index (χ4n) is 4.17. The molecule has 0 aliphatic carbocycles. The Morgan fingerprint density at radius 3 is 2.53 bits per heavy atom. The molecule has 0 saturated carbocycles. The molecule has 9 heteroatoms. The van der Waals surface area contributed by atoms with Gasteiger partial charge in [-0.15, -0.1) is 0 Å². The van der Waals surface area contributed by atoms with Crippen molar-refractivity contribution in [3.8, 4) is 0 Å². The number of esters is 1. The molecule has 2 aliphatic heterocycles. The summed E-state index contributed by atoms with van der Waals surface area (Å²) in [7, 11) is 1.73. The average Bonchev–Trinajstić information content (AvgIpc) is 3.22. The number of cyclic esters (lactones) is 1. The van der Waals surface area contributed by atoms with E-state index in [2.05, 4.69) is 17.5 Å². The quantitative estimate of drug-likeness (QED) is 0.166. The smallest absolute Gasteiger partial charge is 0.338 e. The van der Waals surface area contributed by atoms with E-state index < -0.39 is 0 Å². The van der Waals surface area contributed by atoms with E-state index in [0.717, 1.165) is 42.8 Å². The maximum atomic E-state index is 12.8. The highest BCUT2D eigenvalue weighted by Crippen LogP contribution is 2.24. The van der Waals surface area contributed by atoms with Crippen LogP contribution in [-0.2, 0) is 22.6 Å². The number of allylic oxidation sites excluding steroid dienone is 3. The number of hydrazine groups is 2. The Hall–Kier alpha value is -2.98. The van der Waals surface area contributed by atoms with Crippen molar-refractivity contribution in [3.05, 3.63) is 71.0 Å². The summed E-state index contributed by atoms with van der Waals surface area (Å²) in [5, 5.41) is 2.92. The highest BCUT2D eigenvalue weighted by atomic mass is 16.5. The lowest BCUT2D eigenvalue weighted by molar-refractivity contribution is -0.132. The van der Waals surface area contributed by atoms with Gasteiger partial charge in [0.25, 0.3) is 0 Å². The van der Waals surface area contributed by atoms with Crippen LogP contribution in [0.4, 0.5) is 0 Å². The van der Waals surface area contributed by atoms with Crippen molar-refractivity contribution in [3.63, 3.8) is 0 Å². The predicted molar refractivity (Wildman–Crippen MR) is 143 cm³/mol. The number of benzene rings is 1. The summed E-state index contributed by atoms with van der Waals surface area (Å²) in [5.41, 5.74) is 4.89. The number of amides is 1. The molecular weight excluding hydrogens is 456 g/mol. The molecular formula is C27H42N6O3. The first kappa shape index (κ1) is 29.3. The van der Waals surface area contributed by atoms with Crippen LogP contribution in [-0.4, -0.2) is 78.1 Å². The fourth-order valence-corrected chi connectivity index (χ4v) is 4.17. The molecule has 1 aromatic rings. The first-order valence-electron chi connectivity index (χ1n) is 12.5. The molecule has 1 aromatic carbocycles. The minimum absolute atomic E-state index is 0.102. The van der Waals surface area contributed by atoms with E-state index in [-0.39, 0.29) is 11.9 Å². The molecule has 0 unspecified atom stereocenters. The topological polar surface area (TPSA) is 108 Å². The summed E-state index contributed by atoms with van der Waals surface area (Å²) in [4.78, 5) is 28.8. The molecule has 1 saturated heterocycles. The Labute approximate surface area is 215 Å². The molecule has 198 valence electrons. The van der Waals surface area contributed by atoms with Crippen molar-refractivity contribution in [1.82, 2.24) is 19.8 Å². The SMILES string of the molecule is C=C/C(=C\C=C\N(N)CN(C)N)CC(=O)N1CCN(CCc2cc3c(cc2C)C(=O)OC3)CC1.CC. The minimum atomic E-state index is -0.225. The summed E-state index contributed by atoms with van der Waals surface area (Å²) in [5.74, 6) is 11.2. The van der Waals surface area contributed by atoms with Gasteiger partial charge in [0.15, 0.2) is 0 Å². The van der Waals surface area contributed by atoms with E-state index >= 15 is 0 Å². The zero-order chi connectivity index (χ0) is 26.7. The third-order valence-electron chi connectivity index (χ3n) is 6.15. The van der Waals surface area contributed by atoms with Crippen LogP contribution in [0.15, 0.2) is 48.7 Å². The number of rotatable bonds is 10. The van der Waals surface area contributed by atoms with Crippen LogP contribution in [0, 0.1) is 6.92 Å². The third kappa shape index (κ3) is 8.60. The molecule has 0 bridgehead atoms. The Morgan fingerprint density at radius 1 is 1.19 bits per heavy atom. The first-order chi connectivity index (χ1) is 17.3. The molecule has 0 atom stereocenters. The lowest BCUT2D eigenvalue weighted by atomic mass is 9.98. The van der Waals surface area contributed by atoms with Crippen molar-refractivity contribution in [1.29, 1.82) is 0 Å². The van der Waals surface area contributed by atoms with Gasteiger partial charge < -0.3 is 14.6 Å². The maximum absolute atomic E-state index is 12.8. The van der Waals surface area contributed by atoms with Crippen molar-refractivity contribution >= 4 is 11.9 Å². The second-order valence-corrected chi connectivity index (χ2v) is 8.86. The van der Waals surface area contributed by atoms with Gasteiger partial charge in [0, 0.05) is 51.5 Å². The van der Waals surface area contributed by atoms with Gasteiger partial charge in [-0.05, 0) is 42.2 Å². The number of nitrogens with zero attached hydrogens (tertiary/aromatic N) is 4. The van der Waals surface area contributed by atoms with Crippen LogP contribution in [0.1, 0.15) is 47.3 Å². The van der Waals surface area contributed by atoms with Gasteiger partial charge in [0.1, 0.15) is 6.61 Å². The van der Waals surface area contributed by atoms with Crippen LogP contribution in [0.2, 0.25) is 0 Å². The fraction of sp³-hybridized carbons (Fsp3) is 0.481. The summed E-state index contributed by atoms with van der Waals surface area (Å²) in [6.45, 7) is 14.7. The first-order valence-corrected chi connectivity index (χ1v) is 12.5. The lowest BCUT2D eigenvalue weighted by Crippen LogP contribution is -2.49. The van der Waals surface area contributed by atoms with Crippen LogP contribution in [0.3, 0.4) is 0 Å². The van der Waals surface area contributed by atoms with Gasteiger partial charge in [-0.25, -0.2) is 15.6 Å². The summed E-state index contributed by atoms with van der Waals surface area (Å²) >= 11 is 0. The third-order valence-corrected chi connectivity index (χ3v) is 6.15. The molecule has 3 rings (SSSR count). The Kier molecular flexibility index (Phi) is 11.8. The van der Waals surface area contributed by atoms with E-state index in [1.807, 2.05) is 37.8 Å². The van der Waals surface area contributed by atoms with Crippen LogP contribution in [0.25, 0.3) is 0 Å². The van der Waals surface area contributed by atoms with E-state index in [1.54, 1.807) is 25.4 Å². The van der Waals surface area contributed by atoms with Gasteiger partial charge in [-0.1, -0.05) is 38.6 Å². The number of carbonyl (C=O) groups is 2. The van der Waals surface area contributed by atoms with Gasteiger partial charge in [-0.2, -0.15) is 0 Å². The Balaban J connectivity index is 0.00000222. The number of hydrogen-bond acceptors (Lipinski definition) is 8. The lowest BCUT2D eigenvalue weighted by Gasteiger charge is -2.35. The number of fused-ring (bicyclic) bond motifs is 1. The average molecular weight is 499 g/mol. The van der Waals surface area contributed by atoms with Gasteiger partial charge >= 0.3 is 5.97 Å².